The fourth-order valence-corrected chi connectivity index (χ4v) is 1.36. The Morgan fingerprint density at radius 1 is 1.19 bits per heavy atom. The molecule has 0 atom stereocenters. The first kappa shape index (κ1) is 12.4. The van der Waals surface area contributed by atoms with E-state index >= 15 is 0 Å². The minimum Gasteiger partial charge on any atom is -0.349 e. The van der Waals surface area contributed by atoms with Crippen molar-refractivity contribution in [1.29, 1.82) is 0 Å². The highest BCUT2D eigenvalue weighted by Gasteiger charge is 2.06. The van der Waals surface area contributed by atoms with Gasteiger partial charge in [-0.05, 0) is 11.5 Å². The van der Waals surface area contributed by atoms with Crippen LogP contribution < -0.4 is 5.32 Å². The second-order valence-corrected chi connectivity index (χ2v) is 4.11. The Kier molecular flexibility index (Phi) is 4.23. The highest BCUT2D eigenvalue weighted by molar-refractivity contribution is 5.99. The average Bonchev–Trinajstić information content (AvgIpc) is 2.26. The van der Waals surface area contributed by atoms with E-state index in [9.17, 15) is 9.59 Å². The molecule has 0 spiro atoms. The third kappa shape index (κ3) is 3.50. The Hall–Kier alpha value is -1.64. The van der Waals surface area contributed by atoms with E-state index in [2.05, 4.69) is 19.2 Å². The minimum atomic E-state index is -0.188. The summed E-state index contributed by atoms with van der Waals surface area (Å²) in [5.74, 6) is 0.206. The largest absolute Gasteiger partial charge is 0.349 e. The molecule has 1 aromatic carbocycles. The summed E-state index contributed by atoms with van der Waals surface area (Å²) < 4.78 is 0. The van der Waals surface area contributed by atoms with Crippen LogP contribution in [0.3, 0.4) is 0 Å². The number of amides is 1. The molecule has 0 unspecified atom stereocenters. The molecule has 1 aromatic rings. The Bertz CT molecular complexity index is 379. The molecule has 0 aliphatic heterocycles. The van der Waals surface area contributed by atoms with Gasteiger partial charge in [-0.25, -0.2) is 0 Å². The maximum absolute atomic E-state index is 11.6. The van der Waals surface area contributed by atoms with E-state index in [-0.39, 0.29) is 18.2 Å². The maximum Gasteiger partial charge on any atom is 0.217 e. The van der Waals surface area contributed by atoms with Crippen LogP contribution in [0, 0.1) is 0 Å². The molecule has 3 heteroatoms. The predicted molar refractivity (Wildman–Crippen MR) is 63.5 cm³/mol. The fourth-order valence-electron chi connectivity index (χ4n) is 1.36. The quantitative estimate of drug-likeness (QED) is 0.788. The number of Topliss-reactive ketones (excluding diaryl/α,β-unsaturated/α-hetero) is 1. The predicted octanol–water partition coefficient (Wildman–Crippen LogP) is 2.13. The van der Waals surface area contributed by atoms with Crippen LogP contribution in [0.4, 0.5) is 0 Å². The number of rotatable bonds is 4. The zero-order valence-corrected chi connectivity index (χ0v) is 9.91. The number of carbonyl (C=O) groups excluding carboxylic acids is 2. The summed E-state index contributed by atoms with van der Waals surface area (Å²) >= 11 is 0. The van der Waals surface area contributed by atoms with Crippen LogP contribution in [0.1, 0.15) is 42.6 Å². The fraction of sp³-hybridized carbons (Fsp3) is 0.385. The standard InChI is InChI=1S/C13H17NO2/c1-9(2)11-4-6-12(7-5-11)13(16)8-14-10(3)15/h4-7,9H,8H2,1-3H3,(H,14,15). The second kappa shape index (κ2) is 5.45. The molecular formula is C13H17NO2. The number of hydrogen-bond acceptors (Lipinski definition) is 2. The smallest absolute Gasteiger partial charge is 0.217 e. The van der Waals surface area contributed by atoms with E-state index in [0.29, 0.717) is 11.5 Å². The van der Waals surface area contributed by atoms with Crippen molar-refractivity contribution in [3.05, 3.63) is 35.4 Å². The molecule has 0 bridgehead atoms. The molecular weight excluding hydrogens is 202 g/mol. The van der Waals surface area contributed by atoms with Gasteiger partial charge in [0.2, 0.25) is 5.91 Å². The average molecular weight is 219 g/mol. The molecule has 0 saturated heterocycles. The zero-order valence-electron chi connectivity index (χ0n) is 9.91. The van der Waals surface area contributed by atoms with Gasteiger partial charge in [0.1, 0.15) is 0 Å². The molecule has 0 saturated carbocycles. The molecule has 0 heterocycles. The van der Waals surface area contributed by atoms with Crippen molar-refractivity contribution in [3.8, 4) is 0 Å². The van der Waals surface area contributed by atoms with Gasteiger partial charge in [0, 0.05) is 12.5 Å². The van der Waals surface area contributed by atoms with Gasteiger partial charge in [-0.3, -0.25) is 9.59 Å². The first-order valence-corrected chi connectivity index (χ1v) is 5.38. The van der Waals surface area contributed by atoms with Gasteiger partial charge in [0.25, 0.3) is 0 Å². The molecule has 0 aromatic heterocycles. The summed E-state index contributed by atoms with van der Waals surface area (Å²) in [6, 6.07) is 7.51. The Balaban J connectivity index is 2.66. The van der Waals surface area contributed by atoms with Gasteiger partial charge in [-0.1, -0.05) is 38.1 Å². The molecule has 1 amide bonds. The van der Waals surface area contributed by atoms with Crippen molar-refractivity contribution in [2.75, 3.05) is 6.54 Å². The second-order valence-electron chi connectivity index (χ2n) is 4.11. The molecule has 86 valence electrons. The topological polar surface area (TPSA) is 46.2 Å². The summed E-state index contributed by atoms with van der Waals surface area (Å²) in [6.07, 6.45) is 0. The van der Waals surface area contributed by atoms with Crippen LogP contribution in [-0.2, 0) is 4.79 Å². The van der Waals surface area contributed by atoms with Crippen molar-refractivity contribution in [3.63, 3.8) is 0 Å². The van der Waals surface area contributed by atoms with Crippen LogP contribution in [0.5, 0.6) is 0 Å². The van der Waals surface area contributed by atoms with Crippen LogP contribution in [0.15, 0.2) is 24.3 Å². The van der Waals surface area contributed by atoms with Gasteiger partial charge in [0.15, 0.2) is 5.78 Å². The highest BCUT2D eigenvalue weighted by Crippen LogP contribution is 2.14. The van der Waals surface area contributed by atoms with Crippen molar-refractivity contribution in [2.24, 2.45) is 0 Å². The molecule has 0 aliphatic carbocycles. The van der Waals surface area contributed by atoms with Gasteiger partial charge >= 0.3 is 0 Å². The number of carbonyl (C=O) groups is 2. The molecule has 0 aliphatic rings. The van der Waals surface area contributed by atoms with Crippen LogP contribution in [-0.4, -0.2) is 18.2 Å². The zero-order chi connectivity index (χ0) is 12.1. The third-order valence-electron chi connectivity index (χ3n) is 2.40. The van der Waals surface area contributed by atoms with Crippen LogP contribution >= 0.6 is 0 Å². The number of nitrogens with one attached hydrogen (secondary N) is 1. The number of hydrogen-bond donors (Lipinski definition) is 1. The van der Waals surface area contributed by atoms with Crippen molar-refractivity contribution in [2.45, 2.75) is 26.7 Å². The maximum atomic E-state index is 11.6. The van der Waals surface area contributed by atoms with Crippen LogP contribution in [0.2, 0.25) is 0 Å². The minimum absolute atomic E-state index is 0.0643. The van der Waals surface area contributed by atoms with E-state index < -0.39 is 0 Å². The third-order valence-corrected chi connectivity index (χ3v) is 2.40. The Morgan fingerprint density at radius 3 is 2.19 bits per heavy atom. The summed E-state index contributed by atoms with van der Waals surface area (Å²) in [7, 11) is 0. The highest BCUT2D eigenvalue weighted by atomic mass is 16.2. The summed E-state index contributed by atoms with van der Waals surface area (Å²) in [5.41, 5.74) is 1.84. The van der Waals surface area contributed by atoms with E-state index in [1.807, 2.05) is 12.1 Å². The Morgan fingerprint density at radius 2 is 1.75 bits per heavy atom. The molecule has 16 heavy (non-hydrogen) atoms. The van der Waals surface area contributed by atoms with Gasteiger partial charge < -0.3 is 5.32 Å². The lowest BCUT2D eigenvalue weighted by atomic mass is 10.0. The monoisotopic (exact) mass is 219 g/mol. The molecule has 1 rings (SSSR count). The molecule has 0 radical (unpaired) electrons. The number of ketones is 1. The van der Waals surface area contributed by atoms with Gasteiger partial charge in [-0.15, -0.1) is 0 Å². The normalized spacial score (nSPS) is 10.2. The molecule has 1 N–H and O–H groups in total. The van der Waals surface area contributed by atoms with Crippen molar-refractivity contribution in [1.82, 2.24) is 5.32 Å². The van der Waals surface area contributed by atoms with Gasteiger partial charge in [0.05, 0.1) is 6.54 Å². The van der Waals surface area contributed by atoms with Crippen molar-refractivity contribution < 1.29 is 9.59 Å². The first-order chi connectivity index (χ1) is 7.50. The van der Waals surface area contributed by atoms with E-state index in [1.54, 1.807) is 12.1 Å². The summed E-state index contributed by atoms with van der Waals surface area (Å²) in [6.45, 7) is 5.67. The molecule has 0 fully saturated rings. The lowest BCUT2D eigenvalue weighted by Crippen LogP contribution is -2.27. The van der Waals surface area contributed by atoms with Gasteiger partial charge in [-0.2, -0.15) is 0 Å². The van der Waals surface area contributed by atoms with E-state index in [0.717, 1.165) is 0 Å². The summed E-state index contributed by atoms with van der Waals surface area (Å²) in [4.78, 5) is 22.3. The van der Waals surface area contributed by atoms with Crippen molar-refractivity contribution >= 4 is 11.7 Å². The van der Waals surface area contributed by atoms with E-state index in [1.165, 1.54) is 12.5 Å². The lowest BCUT2D eigenvalue weighted by Gasteiger charge is -2.06. The first-order valence-electron chi connectivity index (χ1n) is 5.38. The SMILES string of the molecule is CC(=O)NCC(=O)c1ccc(C(C)C)cc1. The Labute approximate surface area is 95.9 Å². The lowest BCUT2D eigenvalue weighted by molar-refractivity contribution is -0.118. The van der Waals surface area contributed by atoms with E-state index in [4.69, 9.17) is 0 Å². The molecule has 3 nitrogen and oxygen atoms in total. The number of benzene rings is 1. The van der Waals surface area contributed by atoms with Crippen LogP contribution in [0.25, 0.3) is 0 Å². The summed E-state index contributed by atoms with van der Waals surface area (Å²) in [5, 5.41) is 2.49.